The second kappa shape index (κ2) is 7.11. The van der Waals surface area contributed by atoms with Crippen LogP contribution in [0.4, 0.5) is 0 Å². The number of aliphatic carboxylic acids is 1. The molecule has 0 aromatic heterocycles. The monoisotopic (exact) mass is 390 g/mol. The second-order valence-corrected chi connectivity index (χ2v) is 11.0. The van der Waals surface area contributed by atoms with E-state index < -0.39 is 12.1 Å². The normalized spacial score (nSPS) is 49.1. The number of hydrogen-bond acceptors (Lipinski definition) is 3. The van der Waals surface area contributed by atoms with Crippen LogP contribution in [0.25, 0.3) is 0 Å². The van der Waals surface area contributed by atoms with Gasteiger partial charge in [0.05, 0.1) is 0 Å². The van der Waals surface area contributed by atoms with Gasteiger partial charge < -0.3 is 10.2 Å². The lowest BCUT2D eigenvalue weighted by Crippen LogP contribution is -2.63. The van der Waals surface area contributed by atoms with E-state index in [0.717, 1.165) is 25.7 Å². The molecule has 4 aliphatic carbocycles. The number of ketones is 1. The first-order chi connectivity index (χ1) is 13.2. The number of carboxylic acids is 1. The molecule has 0 saturated heterocycles. The molecular formula is C24H38O4. The van der Waals surface area contributed by atoms with Crippen molar-refractivity contribution in [2.24, 2.45) is 46.3 Å². The minimum atomic E-state index is -0.879. The molecule has 0 heterocycles. The topological polar surface area (TPSA) is 74.6 Å². The van der Waals surface area contributed by atoms with Crippen LogP contribution in [0, 0.1) is 46.3 Å². The maximum absolute atomic E-state index is 13.7. The minimum Gasteiger partial charge on any atom is -0.481 e. The van der Waals surface area contributed by atoms with Crippen LogP contribution < -0.4 is 0 Å². The number of fused-ring (bicyclic) bond motifs is 5. The molecule has 2 N–H and O–H groups in total. The van der Waals surface area contributed by atoms with E-state index in [9.17, 15) is 14.7 Å². The Morgan fingerprint density at radius 3 is 2.61 bits per heavy atom. The molecule has 4 fully saturated rings. The fourth-order valence-electron chi connectivity index (χ4n) is 8.60. The van der Waals surface area contributed by atoms with Crippen LogP contribution in [0.5, 0.6) is 0 Å². The fraction of sp³-hybridized carbons (Fsp3) is 0.917. The Labute approximate surface area is 169 Å². The standard InChI is InChI=1S/C24H38O4/c1-14(7-12-19(25)26)17-10-11-18-16-9-8-15-6-4-5-13-23(15,2)20(16)21(27)22(28)24(17,18)3/h14-18,20,22,28H,4-13H2,1-3H3,(H,25,26)/t14-,15+,16-,17+,18-,20+,22-,23-,24+/m0/s1. The summed E-state index contributed by atoms with van der Waals surface area (Å²) in [5.41, 5.74) is -0.304. The van der Waals surface area contributed by atoms with Crippen molar-refractivity contribution in [3.05, 3.63) is 0 Å². The molecule has 0 amide bonds. The largest absolute Gasteiger partial charge is 0.481 e. The molecule has 0 spiro atoms. The van der Waals surface area contributed by atoms with Gasteiger partial charge in [0.2, 0.25) is 0 Å². The number of carbonyl (C=O) groups is 2. The lowest BCUT2D eigenvalue weighted by Gasteiger charge is -2.61. The molecule has 0 aromatic carbocycles. The second-order valence-electron chi connectivity index (χ2n) is 11.0. The summed E-state index contributed by atoms with van der Waals surface area (Å²) in [4.78, 5) is 24.7. The summed E-state index contributed by atoms with van der Waals surface area (Å²) in [7, 11) is 0. The SMILES string of the molecule is C[C@@H](CCC(=O)O)[C@H]1CC[C@H]2[C@@H]3CC[C@H]4CCCC[C@]4(C)[C@H]3C(=O)[C@H](O)[C@]12C. The highest BCUT2D eigenvalue weighted by atomic mass is 16.4. The van der Waals surface area contributed by atoms with Gasteiger partial charge in [0.15, 0.2) is 5.78 Å². The van der Waals surface area contributed by atoms with Crippen LogP contribution in [0.1, 0.15) is 85.0 Å². The Kier molecular flexibility index (Phi) is 5.17. The first-order valence-electron chi connectivity index (χ1n) is 11.6. The smallest absolute Gasteiger partial charge is 0.303 e. The van der Waals surface area contributed by atoms with Crippen molar-refractivity contribution in [2.45, 2.75) is 91.1 Å². The van der Waals surface area contributed by atoms with Gasteiger partial charge in [0.25, 0.3) is 0 Å². The van der Waals surface area contributed by atoms with E-state index in [1.165, 1.54) is 25.7 Å². The Bertz CT molecular complexity index is 645. The molecular weight excluding hydrogens is 352 g/mol. The highest BCUT2D eigenvalue weighted by molar-refractivity contribution is 5.88. The van der Waals surface area contributed by atoms with Gasteiger partial charge in [0.1, 0.15) is 6.10 Å². The van der Waals surface area contributed by atoms with Gasteiger partial charge >= 0.3 is 5.97 Å². The zero-order valence-electron chi connectivity index (χ0n) is 17.8. The van der Waals surface area contributed by atoms with Crippen molar-refractivity contribution in [1.82, 2.24) is 0 Å². The van der Waals surface area contributed by atoms with E-state index in [-0.39, 0.29) is 40.8 Å². The average Bonchev–Trinajstić information content (AvgIpc) is 3.01. The van der Waals surface area contributed by atoms with Gasteiger partial charge in [-0.1, -0.05) is 33.6 Å². The van der Waals surface area contributed by atoms with Crippen molar-refractivity contribution < 1.29 is 19.8 Å². The Morgan fingerprint density at radius 2 is 1.89 bits per heavy atom. The third kappa shape index (κ3) is 2.80. The van der Waals surface area contributed by atoms with E-state index in [1.807, 2.05) is 0 Å². The van der Waals surface area contributed by atoms with Gasteiger partial charge in [-0.05, 0) is 80.0 Å². The lowest BCUT2D eigenvalue weighted by molar-refractivity contribution is -0.183. The van der Waals surface area contributed by atoms with Crippen LogP contribution in [0.2, 0.25) is 0 Å². The van der Waals surface area contributed by atoms with Crippen LogP contribution >= 0.6 is 0 Å². The van der Waals surface area contributed by atoms with Crippen molar-refractivity contribution in [3.63, 3.8) is 0 Å². The Balaban J connectivity index is 1.63. The molecule has 4 heteroatoms. The van der Waals surface area contributed by atoms with Gasteiger partial charge in [0, 0.05) is 17.8 Å². The number of aliphatic hydroxyl groups is 1. The first-order valence-corrected chi connectivity index (χ1v) is 11.6. The molecule has 4 nitrogen and oxygen atoms in total. The molecule has 4 saturated carbocycles. The van der Waals surface area contributed by atoms with Crippen LogP contribution in [0.3, 0.4) is 0 Å². The summed E-state index contributed by atoms with van der Waals surface area (Å²) in [6.45, 7) is 6.63. The quantitative estimate of drug-likeness (QED) is 0.730. The number of Topliss-reactive ketones (excluding diaryl/α,β-unsaturated/α-hetero) is 1. The molecule has 4 rings (SSSR count). The highest BCUT2D eigenvalue weighted by Gasteiger charge is 2.66. The summed E-state index contributed by atoms with van der Waals surface area (Å²) in [6.07, 6.45) is 9.32. The Morgan fingerprint density at radius 1 is 1.14 bits per heavy atom. The maximum Gasteiger partial charge on any atom is 0.303 e. The van der Waals surface area contributed by atoms with Crippen molar-refractivity contribution >= 4 is 11.8 Å². The fourth-order valence-corrected chi connectivity index (χ4v) is 8.60. The Hall–Kier alpha value is -0.900. The average molecular weight is 391 g/mol. The van der Waals surface area contributed by atoms with Gasteiger partial charge in [-0.2, -0.15) is 0 Å². The zero-order chi connectivity index (χ0) is 20.3. The van der Waals surface area contributed by atoms with E-state index in [1.54, 1.807) is 0 Å². The number of hydrogen-bond donors (Lipinski definition) is 2. The summed E-state index contributed by atoms with van der Waals surface area (Å²) < 4.78 is 0. The van der Waals surface area contributed by atoms with E-state index in [0.29, 0.717) is 24.2 Å². The highest BCUT2D eigenvalue weighted by Crippen LogP contribution is 2.67. The molecule has 4 aliphatic rings. The number of rotatable bonds is 4. The number of carbonyl (C=O) groups excluding carboxylic acids is 1. The van der Waals surface area contributed by atoms with Gasteiger partial charge in [-0.25, -0.2) is 0 Å². The van der Waals surface area contributed by atoms with E-state index >= 15 is 0 Å². The summed E-state index contributed by atoms with van der Waals surface area (Å²) in [5, 5.41) is 20.5. The molecule has 158 valence electrons. The number of carboxylic acid groups (broad SMARTS) is 1. The minimum absolute atomic E-state index is 0.0349. The maximum atomic E-state index is 13.7. The lowest BCUT2D eigenvalue weighted by atomic mass is 9.43. The summed E-state index contributed by atoms with van der Waals surface area (Å²) in [5.74, 6) is 1.34. The number of aliphatic hydroxyl groups excluding tert-OH is 1. The van der Waals surface area contributed by atoms with Crippen molar-refractivity contribution in [2.75, 3.05) is 0 Å². The molecule has 9 atom stereocenters. The van der Waals surface area contributed by atoms with Gasteiger partial charge in [-0.15, -0.1) is 0 Å². The van der Waals surface area contributed by atoms with Crippen LogP contribution in [-0.4, -0.2) is 28.1 Å². The van der Waals surface area contributed by atoms with Crippen molar-refractivity contribution in [1.29, 1.82) is 0 Å². The third-order valence-corrected chi connectivity index (χ3v) is 10.0. The van der Waals surface area contributed by atoms with E-state index in [4.69, 9.17) is 5.11 Å². The molecule has 0 aromatic rings. The predicted molar refractivity (Wildman–Crippen MR) is 108 cm³/mol. The van der Waals surface area contributed by atoms with Crippen LogP contribution in [0.15, 0.2) is 0 Å². The summed E-state index contributed by atoms with van der Waals surface area (Å²) >= 11 is 0. The zero-order valence-corrected chi connectivity index (χ0v) is 17.8. The summed E-state index contributed by atoms with van der Waals surface area (Å²) in [6, 6.07) is 0. The van der Waals surface area contributed by atoms with E-state index in [2.05, 4.69) is 20.8 Å². The molecule has 0 bridgehead atoms. The molecule has 28 heavy (non-hydrogen) atoms. The molecule has 0 radical (unpaired) electrons. The molecule has 0 aliphatic heterocycles. The predicted octanol–water partition coefficient (Wildman–Crippen LogP) is 4.69. The molecule has 0 unspecified atom stereocenters. The first kappa shape index (κ1) is 20.4. The third-order valence-electron chi connectivity index (χ3n) is 10.0. The van der Waals surface area contributed by atoms with Gasteiger partial charge in [-0.3, -0.25) is 9.59 Å². The van der Waals surface area contributed by atoms with Crippen molar-refractivity contribution in [3.8, 4) is 0 Å². The van der Waals surface area contributed by atoms with Crippen LogP contribution in [-0.2, 0) is 9.59 Å².